The second-order valence-corrected chi connectivity index (χ2v) is 27.1. The molecule has 0 aromatic heterocycles. The Morgan fingerprint density at radius 3 is 1.02 bits per heavy atom. The predicted octanol–water partition coefficient (Wildman–Crippen LogP) is 10.1. The highest BCUT2D eigenvalue weighted by molar-refractivity contribution is 14.1. The van der Waals surface area contributed by atoms with Crippen molar-refractivity contribution >= 4 is 70.3 Å². The molecule has 0 aliphatic carbocycles. The molecule has 17 atom stereocenters. The van der Waals surface area contributed by atoms with Gasteiger partial charge in [-0.25, -0.2) is 38.4 Å². The molecule has 8 aromatic carbocycles. The summed E-state index contributed by atoms with van der Waals surface area (Å²) in [6.07, 6.45) is -25.8. The minimum absolute atomic E-state index is 0.00202. The van der Waals surface area contributed by atoms with E-state index in [2.05, 4.69) is 22.6 Å². The number of aliphatic hydroxyl groups is 2. The molecule has 4 aliphatic rings. The Bertz CT molecular complexity index is 4240. The molecule has 26 heteroatoms. The zero-order chi connectivity index (χ0) is 75.3. The Morgan fingerprint density at radius 1 is 0.352 bits per heavy atom. The van der Waals surface area contributed by atoms with Crippen molar-refractivity contribution in [2.45, 2.75) is 128 Å². The fraction of sp³-hybridized carbons (Fsp3) is 0.317. The number of ether oxygens (including phenoxy) is 15. The molecule has 2 N–H and O–H groups in total. The standard InChI is InChI=1S/C82H77IO25/c83-58(59-44-26-45-94-59)43-25-46-95-80-64(85)67(108-82-71(107-79(93)57-41-23-8-24-42-57)69(105-77(91)55-37-19-6-20-38-55)66(103-75(89)53-33-15-4-16-34-53)62(101-82)49-97-73(87)51-29-11-2-12-30-51)63(84)60(99-80)47-98-81-70(106-78(92)56-39-21-7-22-40-56)68(104-76(90)54-35-17-5-18-36-54)65(102-74(88)52-31-13-3-14-32-52)61(100-81)48-96-72(86)50-27-9-1-10-28-50/h1-24,27-42,58-71,80-82,84-85H,25-26,43-49H2/t58?,59?,60-,61-,62-,63-,64+,65-,66-,67+,68+,69+,70+,71+,80+,81+,82-/m1/s1. The molecule has 4 saturated heterocycles. The van der Waals surface area contributed by atoms with Crippen molar-refractivity contribution in [1.29, 1.82) is 0 Å². The highest BCUT2D eigenvalue weighted by atomic mass is 127. The SMILES string of the molecule is O=C(OC[C@H]1O[C@H](OC[C@H]2O[C@H](OCCCC(I)C3CCCO3)[C@@H](O)[C@@H](O[C@H]3O[C@H](COC(=O)c4ccccc4)[C@@H](OC(=O)c4ccccc4)[C@H](OC(=O)c4ccccc4)[C@@H]3OC(=O)c3ccccc3)[C@@H]2O)[C@@H](OC(=O)c2ccccc2)[C@@H](OC(=O)c2ccccc2)[C@@H]1OC(=O)c1ccccc1)c1ccccc1. The lowest BCUT2D eigenvalue weighted by atomic mass is 9.95. The first-order valence-corrected chi connectivity index (χ1v) is 36.4. The first-order valence-electron chi connectivity index (χ1n) is 35.1. The van der Waals surface area contributed by atoms with Crippen LogP contribution in [0.4, 0.5) is 0 Å². The molecule has 4 aliphatic heterocycles. The van der Waals surface area contributed by atoms with Gasteiger partial charge in [-0.05, 0) is 123 Å². The van der Waals surface area contributed by atoms with Crippen LogP contribution in [-0.2, 0) is 71.1 Å². The average Bonchev–Trinajstić information content (AvgIpc) is 0.887. The molecule has 4 fully saturated rings. The fourth-order valence-corrected chi connectivity index (χ4v) is 13.5. The molecule has 8 aromatic rings. The number of carbonyl (C=O) groups is 8. The predicted molar refractivity (Wildman–Crippen MR) is 388 cm³/mol. The smallest absolute Gasteiger partial charge is 0.338 e. The molecule has 0 amide bonds. The summed E-state index contributed by atoms with van der Waals surface area (Å²) in [4.78, 5) is 115. The number of esters is 8. The Labute approximate surface area is 634 Å². The van der Waals surface area contributed by atoms with E-state index in [0.29, 0.717) is 19.4 Å². The third-order valence-electron chi connectivity index (χ3n) is 18.1. The molecule has 4 heterocycles. The summed E-state index contributed by atoms with van der Waals surface area (Å²) in [5.74, 6) is -7.76. The van der Waals surface area contributed by atoms with Gasteiger partial charge in [0.15, 0.2) is 55.5 Å². The Morgan fingerprint density at radius 2 is 0.667 bits per heavy atom. The van der Waals surface area contributed by atoms with Crippen LogP contribution in [0.15, 0.2) is 243 Å². The van der Waals surface area contributed by atoms with Crippen molar-refractivity contribution in [2.75, 3.05) is 33.0 Å². The summed E-state index contributed by atoms with van der Waals surface area (Å²) in [5, 5.41) is 25.9. The molecular weight excluding hydrogens is 1510 g/mol. The Balaban J connectivity index is 0.931. The van der Waals surface area contributed by atoms with Crippen molar-refractivity contribution in [3.05, 3.63) is 287 Å². The topological polar surface area (TPSA) is 315 Å². The van der Waals surface area contributed by atoms with E-state index in [4.69, 9.17) is 71.1 Å². The molecule has 0 bridgehead atoms. The molecule has 108 heavy (non-hydrogen) atoms. The number of aliphatic hydroxyl groups excluding tert-OH is 2. The molecule has 25 nitrogen and oxygen atoms in total. The van der Waals surface area contributed by atoms with E-state index >= 15 is 0 Å². The highest BCUT2D eigenvalue weighted by Gasteiger charge is 2.58. The molecule has 562 valence electrons. The number of hydrogen-bond acceptors (Lipinski definition) is 25. The van der Waals surface area contributed by atoms with Crippen molar-refractivity contribution in [1.82, 2.24) is 0 Å². The molecular formula is C82H77IO25. The van der Waals surface area contributed by atoms with Crippen LogP contribution in [0.5, 0.6) is 0 Å². The second-order valence-electron chi connectivity index (χ2n) is 25.5. The number of carbonyl (C=O) groups excluding carboxylic acids is 8. The van der Waals surface area contributed by atoms with Crippen molar-refractivity contribution in [3.63, 3.8) is 0 Å². The molecule has 2 unspecified atom stereocenters. The van der Waals surface area contributed by atoms with Crippen LogP contribution < -0.4 is 0 Å². The van der Waals surface area contributed by atoms with Gasteiger partial charge in [0, 0.05) is 17.1 Å². The van der Waals surface area contributed by atoms with Crippen LogP contribution in [-0.4, -0.2) is 193 Å². The molecule has 0 radical (unpaired) electrons. The number of rotatable bonds is 29. The van der Waals surface area contributed by atoms with Crippen LogP contribution in [0.2, 0.25) is 0 Å². The zero-order valence-corrected chi connectivity index (χ0v) is 60.1. The summed E-state index contributed by atoms with van der Waals surface area (Å²) in [5.41, 5.74) is 0.240. The summed E-state index contributed by atoms with van der Waals surface area (Å²) in [6.45, 7) is -1.81. The van der Waals surface area contributed by atoms with E-state index in [1.807, 2.05) is 0 Å². The summed E-state index contributed by atoms with van der Waals surface area (Å²) < 4.78 is 95.3. The van der Waals surface area contributed by atoms with Gasteiger partial charge in [-0.2, -0.15) is 0 Å². The van der Waals surface area contributed by atoms with Crippen molar-refractivity contribution in [2.24, 2.45) is 0 Å². The van der Waals surface area contributed by atoms with Gasteiger partial charge in [-0.3, -0.25) is 0 Å². The minimum atomic E-state index is -2.11. The van der Waals surface area contributed by atoms with Gasteiger partial charge >= 0.3 is 47.8 Å². The van der Waals surface area contributed by atoms with E-state index in [0.717, 1.165) is 12.8 Å². The molecule has 12 rings (SSSR count). The molecule has 0 spiro atoms. The van der Waals surface area contributed by atoms with Gasteiger partial charge in [0.05, 0.1) is 57.2 Å². The number of alkyl halides is 1. The summed E-state index contributed by atoms with van der Waals surface area (Å²) in [7, 11) is 0. The second kappa shape index (κ2) is 38.1. The van der Waals surface area contributed by atoms with Gasteiger partial charge < -0.3 is 81.3 Å². The quantitative estimate of drug-likeness (QED) is 0.0145. The lowest BCUT2D eigenvalue weighted by molar-refractivity contribution is -0.364. The fourth-order valence-electron chi connectivity index (χ4n) is 12.5. The lowest BCUT2D eigenvalue weighted by Gasteiger charge is -2.48. The van der Waals surface area contributed by atoms with E-state index in [-0.39, 0.29) is 61.1 Å². The van der Waals surface area contributed by atoms with Gasteiger partial charge in [0.2, 0.25) is 0 Å². The number of benzene rings is 8. The Kier molecular flexibility index (Phi) is 27.4. The van der Waals surface area contributed by atoms with Crippen molar-refractivity contribution < 1.29 is 120 Å². The van der Waals surface area contributed by atoms with Crippen LogP contribution in [0.1, 0.15) is 109 Å². The van der Waals surface area contributed by atoms with Gasteiger partial charge in [-0.1, -0.05) is 168 Å². The van der Waals surface area contributed by atoms with Crippen molar-refractivity contribution in [3.8, 4) is 0 Å². The maximum atomic E-state index is 14.7. The maximum absolute atomic E-state index is 14.7. The first kappa shape index (κ1) is 77.5. The van der Waals surface area contributed by atoms with Gasteiger partial charge in [0.1, 0.15) is 49.8 Å². The van der Waals surface area contributed by atoms with Crippen LogP contribution in [0.25, 0.3) is 0 Å². The van der Waals surface area contributed by atoms with E-state index in [1.165, 1.54) is 97.1 Å². The first-order chi connectivity index (χ1) is 52.6. The lowest BCUT2D eigenvalue weighted by Crippen LogP contribution is -2.67. The average molecular weight is 1590 g/mol. The van der Waals surface area contributed by atoms with E-state index in [1.54, 1.807) is 146 Å². The maximum Gasteiger partial charge on any atom is 0.338 e. The normalized spacial score (nSPS) is 25.5. The van der Waals surface area contributed by atoms with Gasteiger partial charge in [-0.15, -0.1) is 0 Å². The van der Waals surface area contributed by atoms with Gasteiger partial charge in [0.25, 0.3) is 0 Å². The number of hydrogen-bond donors (Lipinski definition) is 2. The number of halogens is 1. The van der Waals surface area contributed by atoms with E-state index in [9.17, 15) is 48.6 Å². The largest absolute Gasteiger partial charge is 0.459 e. The summed E-state index contributed by atoms with van der Waals surface area (Å²) in [6, 6.07) is 61.9. The van der Waals surface area contributed by atoms with Crippen LogP contribution in [0, 0.1) is 0 Å². The highest BCUT2D eigenvalue weighted by Crippen LogP contribution is 2.38. The molecule has 0 saturated carbocycles. The minimum Gasteiger partial charge on any atom is -0.459 e. The van der Waals surface area contributed by atoms with Crippen LogP contribution >= 0.6 is 22.6 Å². The third kappa shape index (κ3) is 20.2. The summed E-state index contributed by atoms with van der Waals surface area (Å²) >= 11 is 2.32. The zero-order valence-electron chi connectivity index (χ0n) is 57.9. The van der Waals surface area contributed by atoms with Crippen LogP contribution in [0.3, 0.4) is 0 Å². The van der Waals surface area contributed by atoms with E-state index < -0.39 is 160 Å². The Hall–Kier alpha value is -10.1. The monoisotopic (exact) mass is 1590 g/mol. The third-order valence-corrected chi connectivity index (χ3v) is 19.5.